The fourth-order valence-electron chi connectivity index (χ4n) is 2.34. The van der Waals surface area contributed by atoms with Crippen LogP contribution in [-0.4, -0.2) is 23.4 Å². The molecule has 2 unspecified atom stereocenters. The van der Waals surface area contributed by atoms with Crippen LogP contribution in [0.2, 0.25) is 0 Å². The van der Waals surface area contributed by atoms with Gasteiger partial charge in [0, 0.05) is 13.0 Å². The maximum Gasteiger partial charge on any atom is 0.0912 e. The van der Waals surface area contributed by atoms with E-state index in [9.17, 15) is 5.11 Å². The third-order valence-electron chi connectivity index (χ3n) is 4.13. The van der Waals surface area contributed by atoms with Gasteiger partial charge >= 0.3 is 0 Å². The average Bonchev–Trinajstić information content (AvgIpc) is 2.38. The van der Waals surface area contributed by atoms with Crippen LogP contribution < -0.4 is 0 Å². The van der Waals surface area contributed by atoms with Crippen molar-refractivity contribution in [1.29, 1.82) is 0 Å². The van der Waals surface area contributed by atoms with Gasteiger partial charge in [-0.1, -0.05) is 52.0 Å². The van der Waals surface area contributed by atoms with Gasteiger partial charge in [0.05, 0.1) is 11.7 Å². The number of benzene rings is 1. The lowest BCUT2D eigenvalue weighted by molar-refractivity contribution is -0.110. The minimum atomic E-state index is -0.479. The van der Waals surface area contributed by atoms with Crippen LogP contribution in [0.1, 0.15) is 59.1 Å². The van der Waals surface area contributed by atoms with Crippen LogP contribution in [0.3, 0.4) is 0 Å². The lowest BCUT2D eigenvalue weighted by Crippen LogP contribution is -2.42. The van der Waals surface area contributed by atoms with E-state index in [0.29, 0.717) is 13.0 Å². The highest BCUT2D eigenvalue weighted by atomic mass is 16.5. The van der Waals surface area contributed by atoms with Gasteiger partial charge in [-0.05, 0) is 36.8 Å². The molecule has 114 valence electrons. The molecule has 0 aromatic heterocycles. The highest BCUT2D eigenvalue weighted by Crippen LogP contribution is 2.25. The lowest BCUT2D eigenvalue weighted by atomic mass is 9.85. The first kappa shape index (κ1) is 17.2. The molecule has 2 nitrogen and oxygen atoms in total. The van der Waals surface area contributed by atoms with Gasteiger partial charge in [0.25, 0.3) is 0 Å². The molecular formula is C18H30O2. The molecule has 1 aromatic rings. The van der Waals surface area contributed by atoms with Gasteiger partial charge in [0.1, 0.15) is 0 Å². The molecule has 1 rings (SSSR count). The molecule has 0 spiro atoms. The van der Waals surface area contributed by atoms with Gasteiger partial charge in [-0.25, -0.2) is 0 Å². The van der Waals surface area contributed by atoms with E-state index in [1.165, 1.54) is 5.56 Å². The van der Waals surface area contributed by atoms with Crippen molar-refractivity contribution in [3.8, 4) is 0 Å². The van der Waals surface area contributed by atoms with Crippen molar-refractivity contribution >= 4 is 0 Å². The van der Waals surface area contributed by atoms with Gasteiger partial charge in [-0.3, -0.25) is 0 Å². The van der Waals surface area contributed by atoms with Crippen LogP contribution in [0.25, 0.3) is 0 Å². The fraction of sp³-hybridized carbons (Fsp3) is 0.667. The molecule has 0 saturated carbocycles. The van der Waals surface area contributed by atoms with Crippen molar-refractivity contribution in [2.24, 2.45) is 0 Å². The summed E-state index contributed by atoms with van der Waals surface area (Å²) in [6.07, 6.45) is 0.963. The van der Waals surface area contributed by atoms with Crippen molar-refractivity contribution in [3.63, 3.8) is 0 Å². The van der Waals surface area contributed by atoms with Gasteiger partial charge in [0.2, 0.25) is 0 Å². The Morgan fingerprint density at radius 3 is 2.00 bits per heavy atom. The molecule has 20 heavy (non-hydrogen) atoms. The van der Waals surface area contributed by atoms with Crippen LogP contribution in [0.5, 0.6) is 0 Å². The second kappa shape index (κ2) is 6.73. The van der Waals surface area contributed by atoms with Crippen LogP contribution >= 0.6 is 0 Å². The Bertz CT molecular complexity index is 402. The Kier molecular flexibility index (Phi) is 5.79. The summed E-state index contributed by atoms with van der Waals surface area (Å²) in [6, 6.07) is 8.55. The van der Waals surface area contributed by atoms with Crippen LogP contribution in [0.4, 0.5) is 0 Å². The summed E-state index contributed by atoms with van der Waals surface area (Å²) < 4.78 is 5.74. The van der Waals surface area contributed by atoms with Crippen molar-refractivity contribution in [3.05, 3.63) is 35.4 Å². The van der Waals surface area contributed by atoms with E-state index < -0.39 is 11.7 Å². The molecule has 1 aromatic carbocycles. The van der Waals surface area contributed by atoms with Crippen molar-refractivity contribution < 1.29 is 9.84 Å². The zero-order valence-corrected chi connectivity index (χ0v) is 13.9. The molecule has 0 fully saturated rings. The smallest absolute Gasteiger partial charge is 0.0912 e. The molecule has 0 radical (unpaired) electrons. The summed E-state index contributed by atoms with van der Waals surface area (Å²) in [7, 11) is 0. The van der Waals surface area contributed by atoms with Gasteiger partial charge in [-0.15, -0.1) is 0 Å². The average molecular weight is 278 g/mol. The van der Waals surface area contributed by atoms with E-state index in [4.69, 9.17) is 4.74 Å². The zero-order valence-electron chi connectivity index (χ0n) is 13.9. The SMILES string of the molecule is CCOC(C)(CC)C(O)Cc1ccc(C(C)(C)C)cc1. The first-order chi connectivity index (χ1) is 9.23. The second-order valence-corrected chi connectivity index (χ2v) is 6.77. The van der Waals surface area contributed by atoms with Gasteiger partial charge in [0.15, 0.2) is 0 Å². The summed E-state index contributed by atoms with van der Waals surface area (Å²) in [5.74, 6) is 0. The Morgan fingerprint density at radius 2 is 1.60 bits per heavy atom. The first-order valence-corrected chi connectivity index (χ1v) is 7.64. The topological polar surface area (TPSA) is 29.5 Å². The lowest BCUT2D eigenvalue weighted by Gasteiger charge is -2.33. The predicted molar refractivity (Wildman–Crippen MR) is 85.2 cm³/mol. The Morgan fingerprint density at radius 1 is 1.05 bits per heavy atom. The van der Waals surface area contributed by atoms with E-state index in [0.717, 1.165) is 12.0 Å². The number of hydrogen-bond acceptors (Lipinski definition) is 2. The number of aliphatic hydroxyl groups excluding tert-OH is 1. The van der Waals surface area contributed by atoms with Crippen LogP contribution in [0, 0.1) is 0 Å². The molecule has 2 heteroatoms. The monoisotopic (exact) mass is 278 g/mol. The third-order valence-corrected chi connectivity index (χ3v) is 4.13. The Hall–Kier alpha value is -0.860. The molecular weight excluding hydrogens is 248 g/mol. The summed E-state index contributed by atoms with van der Waals surface area (Å²) in [5, 5.41) is 10.5. The molecule has 0 aliphatic carbocycles. The Labute approximate surface area is 124 Å². The van der Waals surface area contributed by atoms with E-state index in [1.807, 2.05) is 13.8 Å². The molecule has 0 aliphatic rings. The number of aliphatic hydroxyl groups is 1. The van der Waals surface area contributed by atoms with E-state index in [-0.39, 0.29) is 5.41 Å². The highest BCUT2D eigenvalue weighted by molar-refractivity contribution is 5.28. The predicted octanol–water partition coefficient (Wildman–Crippen LogP) is 4.09. The normalized spacial score (nSPS) is 16.8. The van der Waals surface area contributed by atoms with E-state index >= 15 is 0 Å². The summed E-state index contributed by atoms with van der Waals surface area (Å²) in [6.45, 7) is 13.3. The fourth-order valence-corrected chi connectivity index (χ4v) is 2.34. The van der Waals surface area contributed by atoms with E-state index in [1.54, 1.807) is 0 Å². The molecule has 1 N–H and O–H groups in total. The Balaban J connectivity index is 2.78. The minimum Gasteiger partial charge on any atom is -0.390 e. The highest BCUT2D eigenvalue weighted by Gasteiger charge is 2.31. The van der Waals surface area contributed by atoms with Crippen molar-refractivity contribution in [1.82, 2.24) is 0 Å². The minimum absolute atomic E-state index is 0.167. The summed E-state index contributed by atoms with van der Waals surface area (Å²) >= 11 is 0. The standard InChI is InChI=1S/C18H30O2/c1-7-18(6,20-8-2)16(19)13-14-9-11-15(12-10-14)17(3,4)5/h9-12,16,19H,7-8,13H2,1-6H3. The van der Waals surface area contributed by atoms with Crippen LogP contribution in [-0.2, 0) is 16.6 Å². The third kappa shape index (κ3) is 4.32. The first-order valence-electron chi connectivity index (χ1n) is 7.64. The molecule has 0 bridgehead atoms. The van der Waals surface area contributed by atoms with E-state index in [2.05, 4.69) is 52.0 Å². The maximum absolute atomic E-state index is 10.5. The molecule has 0 aliphatic heterocycles. The van der Waals surface area contributed by atoms with Gasteiger partial charge < -0.3 is 9.84 Å². The zero-order chi connectivity index (χ0) is 15.4. The number of ether oxygens (including phenoxy) is 1. The number of hydrogen-bond donors (Lipinski definition) is 1. The summed E-state index contributed by atoms with van der Waals surface area (Å²) in [5.41, 5.74) is 2.18. The number of rotatable bonds is 6. The second-order valence-electron chi connectivity index (χ2n) is 6.77. The molecule has 2 atom stereocenters. The van der Waals surface area contributed by atoms with Gasteiger partial charge in [-0.2, -0.15) is 0 Å². The quantitative estimate of drug-likeness (QED) is 0.849. The largest absolute Gasteiger partial charge is 0.390 e. The summed E-state index contributed by atoms with van der Waals surface area (Å²) in [4.78, 5) is 0. The van der Waals surface area contributed by atoms with Crippen LogP contribution in [0.15, 0.2) is 24.3 Å². The molecule has 0 amide bonds. The maximum atomic E-state index is 10.5. The molecule has 0 heterocycles. The van der Waals surface area contributed by atoms with Crippen molar-refractivity contribution in [2.75, 3.05) is 6.61 Å². The molecule has 0 saturated heterocycles. The van der Waals surface area contributed by atoms with Crippen molar-refractivity contribution in [2.45, 2.75) is 71.5 Å².